The third-order valence-electron chi connectivity index (χ3n) is 7.11. The zero-order valence-corrected chi connectivity index (χ0v) is 21.9. The molecule has 1 aliphatic heterocycles. The van der Waals surface area contributed by atoms with Crippen molar-refractivity contribution in [2.45, 2.75) is 61.8 Å². The van der Waals surface area contributed by atoms with E-state index in [1.165, 1.54) is 43.6 Å². The van der Waals surface area contributed by atoms with Gasteiger partial charge in [0.25, 0.3) is 0 Å². The monoisotopic (exact) mass is 506 g/mol. The molecule has 5 rings (SSSR count). The smallest absolute Gasteiger partial charge is 0.361 e. The molecule has 1 aromatic heterocycles. The summed E-state index contributed by atoms with van der Waals surface area (Å²) < 4.78 is 12.3. The van der Waals surface area contributed by atoms with Crippen LogP contribution < -0.4 is 9.64 Å². The molecule has 2 fully saturated rings. The van der Waals surface area contributed by atoms with Crippen LogP contribution in [0.4, 0.5) is 5.69 Å². The molecule has 0 bridgehead atoms. The lowest BCUT2D eigenvalue weighted by atomic mass is 9.79. The van der Waals surface area contributed by atoms with E-state index in [0.717, 1.165) is 29.2 Å². The van der Waals surface area contributed by atoms with Crippen LogP contribution in [0, 0.1) is 0 Å². The highest BCUT2D eigenvalue weighted by molar-refractivity contribution is 8.00. The van der Waals surface area contributed by atoms with Crippen molar-refractivity contribution in [2.75, 3.05) is 31.7 Å². The van der Waals surface area contributed by atoms with E-state index in [0.29, 0.717) is 30.0 Å². The molecule has 0 spiro atoms. The van der Waals surface area contributed by atoms with Gasteiger partial charge in [-0.2, -0.15) is 0 Å². The lowest BCUT2D eigenvalue weighted by molar-refractivity contribution is 0.0514. The summed E-state index contributed by atoms with van der Waals surface area (Å²) in [5, 5.41) is 9.70. The normalized spacial score (nSPS) is 19.6. The average molecular weight is 507 g/mol. The molecular weight excluding hydrogens is 472 g/mol. The lowest BCUT2D eigenvalue weighted by Crippen LogP contribution is -2.29. The van der Waals surface area contributed by atoms with E-state index in [2.05, 4.69) is 39.5 Å². The number of hydrogen-bond donors (Lipinski definition) is 0. The molecule has 2 aliphatic rings. The van der Waals surface area contributed by atoms with Crippen molar-refractivity contribution in [1.82, 2.24) is 15.0 Å². The number of hydrogen-bond acceptors (Lipinski definition) is 7. The van der Waals surface area contributed by atoms with Crippen molar-refractivity contribution in [3.63, 3.8) is 0 Å². The summed E-state index contributed by atoms with van der Waals surface area (Å²) in [6.07, 6.45) is 6.08. The van der Waals surface area contributed by atoms with Gasteiger partial charge in [0, 0.05) is 24.0 Å². The number of thioether (sulfide) groups is 1. The maximum atomic E-state index is 12.6. The molecule has 1 aliphatic carbocycles. The van der Waals surface area contributed by atoms with Crippen molar-refractivity contribution in [3.8, 4) is 5.75 Å². The predicted molar refractivity (Wildman–Crippen MR) is 142 cm³/mol. The second kappa shape index (κ2) is 11.4. The topological polar surface area (TPSA) is 69.5 Å². The highest BCUT2D eigenvalue weighted by Gasteiger charge is 2.34. The van der Waals surface area contributed by atoms with Crippen LogP contribution in [0.3, 0.4) is 0 Å². The summed E-state index contributed by atoms with van der Waals surface area (Å²) in [7, 11) is 1.65. The molecule has 0 atom stereocenters. The number of methoxy groups -OCH3 is 1. The van der Waals surface area contributed by atoms with E-state index in [-0.39, 0.29) is 0 Å². The Morgan fingerprint density at radius 2 is 1.75 bits per heavy atom. The Kier molecular flexibility index (Phi) is 7.80. The van der Waals surface area contributed by atoms with Crippen LogP contribution in [-0.4, -0.2) is 53.0 Å². The molecule has 0 amide bonds. The number of esters is 1. The van der Waals surface area contributed by atoms with E-state index in [1.807, 2.05) is 28.9 Å². The third kappa shape index (κ3) is 5.53. The Hall–Kier alpha value is -3.00. The number of carbonyl (C=O) groups excluding carboxylic acids is 1. The zero-order chi connectivity index (χ0) is 24.9. The SMILES string of the molecule is CCOC(=O)c1nnn(Cc2ccc(OC)cc2)c1S[C@H]1C[C@H](c2ccc(N3CCCCC3)cc2)C1. The summed E-state index contributed by atoms with van der Waals surface area (Å²) >= 11 is 1.70. The van der Waals surface area contributed by atoms with Crippen LogP contribution in [0.2, 0.25) is 0 Å². The fraction of sp³-hybridized carbons (Fsp3) is 0.464. The van der Waals surface area contributed by atoms with Crippen molar-refractivity contribution in [3.05, 3.63) is 65.4 Å². The van der Waals surface area contributed by atoms with Gasteiger partial charge in [-0.15, -0.1) is 16.9 Å². The van der Waals surface area contributed by atoms with Gasteiger partial charge < -0.3 is 14.4 Å². The first-order valence-corrected chi connectivity index (χ1v) is 13.8. The van der Waals surface area contributed by atoms with Gasteiger partial charge in [0.2, 0.25) is 5.69 Å². The summed E-state index contributed by atoms with van der Waals surface area (Å²) in [6, 6.07) is 17.0. The Morgan fingerprint density at radius 3 is 2.42 bits per heavy atom. The van der Waals surface area contributed by atoms with Gasteiger partial charge in [-0.05, 0) is 80.3 Å². The molecule has 1 saturated carbocycles. The molecule has 0 unspecified atom stereocenters. The van der Waals surface area contributed by atoms with Gasteiger partial charge in [0.1, 0.15) is 10.8 Å². The van der Waals surface area contributed by atoms with Crippen molar-refractivity contribution in [2.24, 2.45) is 0 Å². The first kappa shape index (κ1) is 24.7. The fourth-order valence-electron chi connectivity index (χ4n) is 4.96. The van der Waals surface area contributed by atoms with Gasteiger partial charge >= 0.3 is 5.97 Å². The molecule has 0 radical (unpaired) electrons. The number of aromatic nitrogens is 3. The fourth-order valence-corrected chi connectivity index (χ4v) is 6.39. The Morgan fingerprint density at radius 1 is 1.03 bits per heavy atom. The van der Waals surface area contributed by atoms with E-state index in [9.17, 15) is 4.79 Å². The summed E-state index contributed by atoms with van der Waals surface area (Å²) in [4.78, 5) is 15.1. The molecular formula is C28H34N4O3S. The van der Waals surface area contributed by atoms with Crippen molar-refractivity contribution < 1.29 is 14.3 Å². The largest absolute Gasteiger partial charge is 0.497 e. The first-order chi connectivity index (χ1) is 17.6. The van der Waals surface area contributed by atoms with Gasteiger partial charge in [-0.3, -0.25) is 0 Å². The van der Waals surface area contributed by atoms with Gasteiger partial charge in [-0.1, -0.05) is 29.5 Å². The number of anilines is 1. The van der Waals surface area contributed by atoms with Crippen LogP contribution in [-0.2, 0) is 11.3 Å². The maximum Gasteiger partial charge on any atom is 0.361 e. The first-order valence-electron chi connectivity index (χ1n) is 12.9. The van der Waals surface area contributed by atoms with E-state index in [1.54, 1.807) is 25.8 Å². The maximum absolute atomic E-state index is 12.6. The number of piperidine rings is 1. The van der Waals surface area contributed by atoms with Crippen LogP contribution in [0.15, 0.2) is 53.6 Å². The van der Waals surface area contributed by atoms with E-state index in [4.69, 9.17) is 9.47 Å². The number of carbonyl (C=O) groups is 1. The van der Waals surface area contributed by atoms with E-state index >= 15 is 0 Å². The Bertz CT molecular complexity index is 1150. The van der Waals surface area contributed by atoms with Crippen LogP contribution in [0.25, 0.3) is 0 Å². The summed E-state index contributed by atoms with van der Waals surface area (Å²) in [5.74, 6) is 0.948. The van der Waals surface area contributed by atoms with Gasteiger partial charge in [-0.25, -0.2) is 9.48 Å². The molecule has 2 aromatic carbocycles. The van der Waals surface area contributed by atoms with Crippen molar-refractivity contribution in [1.29, 1.82) is 0 Å². The van der Waals surface area contributed by atoms with E-state index < -0.39 is 5.97 Å². The minimum absolute atomic E-state index is 0.310. The summed E-state index contributed by atoms with van der Waals surface area (Å²) in [6.45, 7) is 4.99. The van der Waals surface area contributed by atoms with Gasteiger partial charge in [0.15, 0.2) is 0 Å². The number of rotatable bonds is 9. The molecule has 1 saturated heterocycles. The highest BCUT2D eigenvalue weighted by atomic mass is 32.2. The zero-order valence-electron chi connectivity index (χ0n) is 21.1. The second-order valence-electron chi connectivity index (χ2n) is 9.52. The predicted octanol–water partition coefficient (Wildman–Crippen LogP) is 5.54. The van der Waals surface area contributed by atoms with Crippen LogP contribution in [0.1, 0.15) is 66.6 Å². The van der Waals surface area contributed by atoms with Crippen molar-refractivity contribution >= 4 is 23.4 Å². The van der Waals surface area contributed by atoms with Crippen LogP contribution in [0.5, 0.6) is 5.75 Å². The lowest BCUT2D eigenvalue weighted by Gasteiger charge is -2.35. The number of nitrogens with zero attached hydrogens (tertiary/aromatic N) is 4. The molecule has 190 valence electrons. The highest BCUT2D eigenvalue weighted by Crippen LogP contribution is 2.46. The minimum atomic E-state index is -0.412. The van der Waals surface area contributed by atoms with Gasteiger partial charge in [0.05, 0.1) is 20.3 Å². The molecule has 0 N–H and O–H groups in total. The standard InChI is InChI=1S/C28H34N4O3S/c1-3-35-28(33)26-27(32(30-29-26)19-20-7-13-24(34-2)14-8-20)36-25-17-22(18-25)21-9-11-23(12-10-21)31-15-5-4-6-16-31/h7-14,22,25H,3-6,15-19H2,1-2H3/t22-,25-. The molecule has 8 heteroatoms. The Balaban J connectivity index is 1.25. The number of ether oxygens (including phenoxy) is 2. The molecule has 2 heterocycles. The quantitative estimate of drug-likeness (QED) is 0.353. The molecule has 3 aromatic rings. The number of benzene rings is 2. The Labute approximate surface area is 217 Å². The molecule has 36 heavy (non-hydrogen) atoms. The average Bonchev–Trinajstić information content (AvgIpc) is 3.29. The summed E-state index contributed by atoms with van der Waals surface area (Å²) in [5.41, 5.74) is 4.13. The second-order valence-corrected chi connectivity index (χ2v) is 10.8. The molecule has 7 nitrogen and oxygen atoms in total. The van der Waals surface area contributed by atoms with Crippen LogP contribution >= 0.6 is 11.8 Å². The minimum Gasteiger partial charge on any atom is -0.497 e. The third-order valence-corrected chi connectivity index (χ3v) is 8.45.